The normalized spacial score (nSPS) is 13.4. The van der Waals surface area contributed by atoms with Gasteiger partial charge in [-0.05, 0) is 42.0 Å². The van der Waals surface area contributed by atoms with Crippen molar-refractivity contribution >= 4 is 11.5 Å². The minimum atomic E-state index is 0.321. The third kappa shape index (κ3) is 8.08. The number of unbranched alkanes of at least 4 members (excludes halogenated alkanes) is 5. The van der Waals surface area contributed by atoms with E-state index < -0.39 is 0 Å². The lowest BCUT2D eigenvalue weighted by atomic mass is 9.98. The largest absolute Gasteiger partial charge is 0.373 e. The molecule has 2 heterocycles. The Kier molecular flexibility index (Phi) is 10.2. The minimum Gasteiger partial charge on any atom is -0.373 e. The van der Waals surface area contributed by atoms with Gasteiger partial charge in [0.15, 0.2) is 0 Å². The van der Waals surface area contributed by atoms with Crippen LogP contribution in [0.3, 0.4) is 0 Å². The number of hydrogen-bond acceptors (Lipinski definition) is 3. The summed E-state index contributed by atoms with van der Waals surface area (Å²) >= 11 is 0. The van der Waals surface area contributed by atoms with Gasteiger partial charge in [-0.3, -0.25) is 9.78 Å². The van der Waals surface area contributed by atoms with E-state index in [4.69, 9.17) is 0 Å². The zero-order valence-electron chi connectivity index (χ0n) is 21.4. The van der Waals surface area contributed by atoms with Gasteiger partial charge in [0.25, 0.3) is 0 Å². The number of aromatic nitrogens is 1. The van der Waals surface area contributed by atoms with Crippen LogP contribution in [0.2, 0.25) is 0 Å². The Morgan fingerprint density at radius 2 is 1.33 bits per heavy atom. The van der Waals surface area contributed by atoms with Crippen molar-refractivity contribution < 1.29 is 4.79 Å². The first-order valence-electron chi connectivity index (χ1n) is 13.5. The van der Waals surface area contributed by atoms with Gasteiger partial charge in [0.05, 0.1) is 0 Å². The van der Waals surface area contributed by atoms with Crippen molar-refractivity contribution in [1.82, 2.24) is 14.8 Å². The lowest BCUT2D eigenvalue weighted by molar-refractivity contribution is -0.132. The number of nitrogens with zero attached hydrogens (tertiary/aromatic N) is 3. The molecular formula is C32H39N3O. The second kappa shape index (κ2) is 14.2. The van der Waals surface area contributed by atoms with Crippen LogP contribution >= 0.6 is 0 Å². The molecule has 1 aliphatic rings. The molecule has 4 nitrogen and oxygen atoms in total. The van der Waals surface area contributed by atoms with Crippen LogP contribution in [0.1, 0.15) is 61.6 Å². The lowest BCUT2D eigenvalue weighted by Gasteiger charge is -2.35. The maximum absolute atomic E-state index is 12.7. The standard InChI is InChI=1S/C32H39N3O/c36-32(20-12-4-2-1-3-7-14-28-15-13-21-33-26-28)35-24-22-34(23-25-35)27-31(29-16-8-5-9-17-29)30-18-10-6-11-19-30/h5-6,8-11,13,15-19,21,26-27H,1-4,7,12,14,20,22-25H2. The van der Waals surface area contributed by atoms with Gasteiger partial charge in [-0.25, -0.2) is 0 Å². The van der Waals surface area contributed by atoms with Crippen LogP contribution in [0.4, 0.5) is 0 Å². The van der Waals surface area contributed by atoms with Crippen LogP contribution in [0, 0.1) is 0 Å². The zero-order chi connectivity index (χ0) is 24.8. The van der Waals surface area contributed by atoms with E-state index >= 15 is 0 Å². The van der Waals surface area contributed by atoms with Crippen molar-refractivity contribution in [2.75, 3.05) is 26.2 Å². The topological polar surface area (TPSA) is 36.4 Å². The fourth-order valence-electron chi connectivity index (χ4n) is 4.85. The maximum atomic E-state index is 12.7. The van der Waals surface area contributed by atoms with Crippen molar-refractivity contribution in [2.45, 2.75) is 51.4 Å². The molecule has 1 fully saturated rings. The molecule has 0 radical (unpaired) electrons. The monoisotopic (exact) mass is 481 g/mol. The van der Waals surface area contributed by atoms with Gasteiger partial charge in [0, 0.05) is 56.8 Å². The van der Waals surface area contributed by atoms with Crippen LogP contribution in [-0.2, 0) is 11.2 Å². The molecule has 3 aromatic rings. The van der Waals surface area contributed by atoms with Crippen LogP contribution < -0.4 is 0 Å². The first-order valence-corrected chi connectivity index (χ1v) is 13.5. The van der Waals surface area contributed by atoms with E-state index in [2.05, 4.69) is 87.7 Å². The number of carbonyl (C=O) groups is 1. The molecule has 1 amide bonds. The van der Waals surface area contributed by atoms with E-state index in [0.29, 0.717) is 12.3 Å². The summed E-state index contributed by atoms with van der Waals surface area (Å²) in [6.07, 6.45) is 15.0. The molecule has 0 spiro atoms. The Balaban J connectivity index is 1.15. The van der Waals surface area contributed by atoms with E-state index in [1.54, 1.807) is 0 Å². The number of amides is 1. The molecule has 188 valence electrons. The minimum absolute atomic E-state index is 0.321. The first-order chi connectivity index (χ1) is 17.8. The molecule has 4 heteroatoms. The van der Waals surface area contributed by atoms with Crippen molar-refractivity contribution in [2.24, 2.45) is 0 Å². The van der Waals surface area contributed by atoms with Crippen LogP contribution in [0.5, 0.6) is 0 Å². The van der Waals surface area contributed by atoms with Gasteiger partial charge >= 0.3 is 0 Å². The summed E-state index contributed by atoms with van der Waals surface area (Å²) in [5, 5.41) is 0. The number of benzene rings is 2. The first kappa shape index (κ1) is 25.7. The van der Waals surface area contributed by atoms with Gasteiger partial charge in [-0.1, -0.05) is 92.4 Å². The van der Waals surface area contributed by atoms with Gasteiger partial charge in [0.1, 0.15) is 0 Å². The van der Waals surface area contributed by atoms with E-state index in [1.165, 1.54) is 47.9 Å². The molecule has 36 heavy (non-hydrogen) atoms. The second-order valence-corrected chi connectivity index (χ2v) is 9.67. The third-order valence-corrected chi connectivity index (χ3v) is 6.98. The highest BCUT2D eigenvalue weighted by molar-refractivity contribution is 5.79. The summed E-state index contributed by atoms with van der Waals surface area (Å²) in [5.41, 5.74) is 5.00. The Morgan fingerprint density at radius 1 is 0.722 bits per heavy atom. The van der Waals surface area contributed by atoms with E-state index in [-0.39, 0.29) is 0 Å². The molecule has 0 aliphatic carbocycles. The predicted octanol–water partition coefficient (Wildman–Crippen LogP) is 6.59. The van der Waals surface area contributed by atoms with Crippen molar-refractivity contribution in [3.05, 3.63) is 108 Å². The Hall–Kier alpha value is -3.40. The van der Waals surface area contributed by atoms with Crippen molar-refractivity contribution in [3.63, 3.8) is 0 Å². The van der Waals surface area contributed by atoms with Crippen LogP contribution in [-0.4, -0.2) is 46.9 Å². The molecule has 0 saturated carbocycles. The molecule has 0 bridgehead atoms. The Labute approximate surface area is 216 Å². The number of pyridine rings is 1. The van der Waals surface area contributed by atoms with Gasteiger partial charge < -0.3 is 9.80 Å². The number of piperazine rings is 1. The Morgan fingerprint density at radius 3 is 1.94 bits per heavy atom. The number of hydrogen-bond donors (Lipinski definition) is 0. The number of carbonyl (C=O) groups excluding carboxylic acids is 1. The second-order valence-electron chi connectivity index (χ2n) is 9.67. The summed E-state index contributed by atoms with van der Waals surface area (Å²) in [4.78, 5) is 21.4. The van der Waals surface area contributed by atoms with E-state index in [0.717, 1.165) is 45.4 Å². The molecule has 2 aromatic carbocycles. The summed E-state index contributed by atoms with van der Waals surface area (Å²) < 4.78 is 0. The lowest BCUT2D eigenvalue weighted by Crippen LogP contribution is -2.46. The summed E-state index contributed by atoms with van der Waals surface area (Å²) in [6, 6.07) is 25.3. The van der Waals surface area contributed by atoms with Crippen molar-refractivity contribution in [3.8, 4) is 0 Å². The van der Waals surface area contributed by atoms with Gasteiger partial charge in [0.2, 0.25) is 5.91 Å². The fourth-order valence-corrected chi connectivity index (χ4v) is 4.85. The van der Waals surface area contributed by atoms with E-state index in [9.17, 15) is 4.79 Å². The zero-order valence-corrected chi connectivity index (χ0v) is 21.4. The fraction of sp³-hybridized carbons (Fsp3) is 0.375. The average molecular weight is 482 g/mol. The van der Waals surface area contributed by atoms with Crippen molar-refractivity contribution in [1.29, 1.82) is 0 Å². The Bertz CT molecular complexity index is 1020. The van der Waals surface area contributed by atoms with Crippen LogP contribution in [0.25, 0.3) is 5.57 Å². The highest BCUT2D eigenvalue weighted by Gasteiger charge is 2.20. The molecular weight excluding hydrogens is 442 g/mol. The third-order valence-electron chi connectivity index (χ3n) is 6.98. The molecule has 1 saturated heterocycles. The van der Waals surface area contributed by atoms with Crippen LogP contribution in [0.15, 0.2) is 91.4 Å². The summed E-state index contributed by atoms with van der Waals surface area (Å²) in [7, 11) is 0. The SMILES string of the molecule is O=C(CCCCCCCCc1cccnc1)N1CCN(C=C(c2ccccc2)c2ccccc2)CC1. The van der Waals surface area contributed by atoms with Gasteiger partial charge in [-0.2, -0.15) is 0 Å². The summed E-state index contributed by atoms with van der Waals surface area (Å²) in [5.74, 6) is 0.321. The van der Waals surface area contributed by atoms with E-state index in [1.807, 2.05) is 18.5 Å². The number of aryl methyl sites for hydroxylation is 1. The molecule has 1 aliphatic heterocycles. The number of rotatable bonds is 12. The molecule has 0 atom stereocenters. The molecule has 1 aromatic heterocycles. The highest BCUT2D eigenvalue weighted by Crippen LogP contribution is 2.24. The quantitative estimate of drug-likeness (QED) is 0.274. The molecule has 0 unspecified atom stereocenters. The summed E-state index contributed by atoms with van der Waals surface area (Å²) in [6.45, 7) is 3.37. The molecule has 4 rings (SSSR count). The molecule has 0 N–H and O–H groups in total. The predicted molar refractivity (Wildman–Crippen MR) is 148 cm³/mol. The van der Waals surface area contributed by atoms with Gasteiger partial charge in [-0.15, -0.1) is 0 Å². The highest BCUT2D eigenvalue weighted by atomic mass is 16.2. The smallest absolute Gasteiger partial charge is 0.222 e. The average Bonchev–Trinajstić information content (AvgIpc) is 2.95. The maximum Gasteiger partial charge on any atom is 0.222 e.